The molecule has 0 saturated carbocycles. The number of imidazole rings is 1. The lowest BCUT2D eigenvalue weighted by molar-refractivity contribution is -0.0429. The van der Waals surface area contributed by atoms with Crippen molar-refractivity contribution in [2.75, 3.05) is 12.3 Å². The summed E-state index contributed by atoms with van der Waals surface area (Å²) in [5, 5.41) is 19.1. The zero-order valence-electron chi connectivity index (χ0n) is 9.72. The molecular formula is C10H12IN5O3. The summed E-state index contributed by atoms with van der Waals surface area (Å²) in [5.74, 6) is 0.297. The van der Waals surface area contributed by atoms with Crippen LogP contribution in [0, 0.1) is 0 Å². The van der Waals surface area contributed by atoms with E-state index in [1.54, 1.807) is 10.9 Å². The first-order valence-electron chi connectivity index (χ1n) is 5.65. The van der Waals surface area contributed by atoms with Crippen LogP contribution < -0.4 is 5.73 Å². The molecular weight excluding hydrogens is 365 g/mol. The molecule has 1 aliphatic heterocycles. The van der Waals surface area contributed by atoms with Gasteiger partial charge in [-0.15, -0.1) is 0 Å². The summed E-state index contributed by atoms with van der Waals surface area (Å²) >= 11 is 2.09. The number of aliphatic hydroxyl groups is 2. The highest BCUT2D eigenvalue weighted by atomic mass is 127. The van der Waals surface area contributed by atoms with Gasteiger partial charge >= 0.3 is 0 Å². The van der Waals surface area contributed by atoms with Crippen molar-refractivity contribution in [2.45, 2.75) is 22.4 Å². The molecule has 4 atom stereocenters. The lowest BCUT2D eigenvalue weighted by atomic mass is 10.2. The molecule has 0 spiro atoms. The maximum absolute atomic E-state index is 9.97. The van der Waals surface area contributed by atoms with Crippen molar-refractivity contribution in [3.05, 3.63) is 12.7 Å². The fraction of sp³-hybridized carbons (Fsp3) is 0.500. The number of nitrogens with two attached hydrogens (primary N) is 1. The first kappa shape index (κ1) is 13.0. The Labute approximate surface area is 121 Å². The molecule has 0 bridgehead atoms. The average Bonchev–Trinajstić information content (AvgIpc) is 2.94. The van der Waals surface area contributed by atoms with E-state index in [1.165, 1.54) is 6.33 Å². The number of aliphatic hydroxyl groups excluding tert-OH is 2. The molecule has 1 fully saturated rings. The van der Waals surface area contributed by atoms with Crippen LogP contribution >= 0.6 is 22.6 Å². The van der Waals surface area contributed by atoms with Crippen molar-refractivity contribution in [1.29, 1.82) is 0 Å². The van der Waals surface area contributed by atoms with Gasteiger partial charge in [0.15, 0.2) is 17.7 Å². The SMILES string of the molecule is Nc1ncnc2c1ncn2[C@@H]1O[C@H](CO)C(O)C1I. The molecule has 2 unspecified atom stereocenters. The number of alkyl halides is 1. The van der Waals surface area contributed by atoms with Gasteiger partial charge in [-0.1, -0.05) is 22.6 Å². The number of nitrogens with zero attached hydrogens (tertiary/aromatic N) is 4. The molecule has 1 saturated heterocycles. The molecule has 3 heterocycles. The highest BCUT2D eigenvalue weighted by molar-refractivity contribution is 14.1. The van der Waals surface area contributed by atoms with Gasteiger partial charge in [0.25, 0.3) is 0 Å². The quantitative estimate of drug-likeness (QED) is 0.475. The van der Waals surface area contributed by atoms with Crippen LogP contribution in [-0.2, 0) is 4.74 Å². The average molecular weight is 377 g/mol. The third kappa shape index (κ3) is 1.96. The number of nitrogen functional groups attached to an aromatic ring is 1. The van der Waals surface area contributed by atoms with Gasteiger partial charge in [0.05, 0.1) is 23.0 Å². The molecule has 102 valence electrons. The summed E-state index contributed by atoms with van der Waals surface area (Å²) in [4.78, 5) is 12.2. The van der Waals surface area contributed by atoms with Gasteiger partial charge in [-0.25, -0.2) is 15.0 Å². The topological polar surface area (TPSA) is 119 Å². The minimum Gasteiger partial charge on any atom is -0.394 e. The lowest BCUT2D eigenvalue weighted by Crippen LogP contribution is -2.29. The third-order valence-corrected chi connectivity index (χ3v) is 4.49. The van der Waals surface area contributed by atoms with Crippen molar-refractivity contribution in [3.63, 3.8) is 0 Å². The molecule has 0 aliphatic carbocycles. The van der Waals surface area contributed by atoms with E-state index in [1.807, 2.05) is 0 Å². The number of hydrogen-bond donors (Lipinski definition) is 3. The number of aromatic nitrogens is 4. The summed E-state index contributed by atoms with van der Waals surface area (Å²) in [5.41, 5.74) is 6.77. The van der Waals surface area contributed by atoms with Crippen molar-refractivity contribution in [2.24, 2.45) is 0 Å². The van der Waals surface area contributed by atoms with Gasteiger partial charge in [0.1, 0.15) is 17.9 Å². The predicted molar refractivity (Wildman–Crippen MR) is 74.5 cm³/mol. The Morgan fingerprint density at radius 3 is 2.89 bits per heavy atom. The summed E-state index contributed by atoms with van der Waals surface area (Å²) in [6.45, 7) is -0.235. The first-order valence-corrected chi connectivity index (χ1v) is 6.89. The van der Waals surface area contributed by atoms with Gasteiger partial charge in [-0.2, -0.15) is 0 Å². The monoisotopic (exact) mass is 377 g/mol. The molecule has 9 heteroatoms. The van der Waals surface area contributed by atoms with E-state index >= 15 is 0 Å². The number of anilines is 1. The van der Waals surface area contributed by atoms with Crippen molar-refractivity contribution >= 4 is 39.6 Å². The minimum absolute atomic E-state index is 0.219. The molecule has 3 rings (SSSR count). The van der Waals surface area contributed by atoms with Gasteiger partial charge in [-0.05, 0) is 0 Å². The smallest absolute Gasteiger partial charge is 0.167 e. The second kappa shape index (κ2) is 4.81. The number of rotatable bonds is 2. The van der Waals surface area contributed by atoms with E-state index < -0.39 is 18.4 Å². The number of hydrogen-bond acceptors (Lipinski definition) is 7. The van der Waals surface area contributed by atoms with Gasteiger partial charge in [-0.3, -0.25) is 4.57 Å². The molecule has 19 heavy (non-hydrogen) atoms. The maximum Gasteiger partial charge on any atom is 0.167 e. The standard InChI is InChI=1S/C10H12IN5O3/c11-5-7(18)4(1-17)19-10(5)16-3-15-6-8(12)13-2-14-9(6)16/h2-5,7,10,17-18H,1H2,(H2,12,13,14)/t4-,5?,7?,10-/m1/s1. The Morgan fingerprint density at radius 1 is 1.42 bits per heavy atom. The van der Waals surface area contributed by atoms with Crippen LogP contribution in [0.4, 0.5) is 5.82 Å². The minimum atomic E-state index is -0.743. The third-order valence-electron chi connectivity index (χ3n) is 3.13. The zero-order valence-corrected chi connectivity index (χ0v) is 11.9. The van der Waals surface area contributed by atoms with Crippen LogP contribution in [0.2, 0.25) is 0 Å². The van der Waals surface area contributed by atoms with Crippen molar-refractivity contribution in [3.8, 4) is 0 Å². The fourth-order valence-electron chi connectivity index (χ4n) is 2.13. The summed E-state index contributed by atoms with van der Waals surface area (Å²) in [6, 6.07) is 0. The molecule has 2 aromatic rings. The van der Waals surface area contributed by atoms with Gasteiger partial charge < -0.3 is 20.7 Å². The van der Waals surface area contributed by atoms with Crippen molar-refractivity contribution in [1.82, 2.24) is 19.5 Å². The van der Waals surface area contributed by atoms with E-state index in [2.05, 4.69) is 37.5 Å². The summed E-state index contributed by atoms with van der Waals surface area (Å²) < 4.78 is 7.12. The Morgan fingerprint density at radius 2 is 2.21 bits per heavy atom. The molecule has 0 amide bonds. The fourth-order valence-corrected chi connectivity index (χ4v) is 3.11. The highest BCUT2D eigenvalue weighted by Gasteiger charge is 2.43. The van der Waals surface area contributed by atoms with E-state index in [0.717, 1.165) is 0 Å². The van der Waals surface area contributed by atoms with Crippen molar-refractivity contribution < 1.29 is 14.9 Å². The Kier molecular flexibility index (Phi) is 3.28. The van der Waals surface area contributed by atoms with Crippen LogP contribution in [0.15, 0.2) is 12.7 Å². The molecule has 8 nitrogen and oxygen atoms in total. The zero-order chi connectivity index (χ0) is 13.6. The van der Waals surface area contributed by atoms with Crippen LogP contribution in [0.1, 0.15) is 6.23 Å². The van der Waals surface area contributed by atoms with E-state index in [4.69, 9.17) is 15.6 Å². The molecule has 0 aromatic carbocycles. The second-order valence-corrected chi connectivity index (χ2v) is 5.70. The molecule has 4 N–H and O–H groups in total. The first-order chi connectivity index (χ1) is 9.13. The number of fused-ring (bicyclic) bond motifs is 1. The van der Waals surface area contributed by atoms with Crippen LogP contribution in [0.25, 0.3) is 11.2 Å². The number of halogens is 1. The van der Waals surface area contributed by atoms with E-state index in [0.29, 0.717) is 17.0 Å². The van der Waals surface area contributed by atoms with Crippen LogP contribution in [-0.4, -0.2) is 52.5 Å². The molecule has 2 aromatic heterocycles. The summed E-state index contributed by atoms with van der Waals surface area (Å²) in [7, 11) is 0. The highest BCUT2D eigenvalue weighted by Crippen LogP contribution is 2.36. The largest absolute Gasteiger partial charge is 0.394 e. The van der Waals surface area contributed by atoms with Crippen LogP contribution in [0.5, 0.6) is 0 Å². The second-order valence-electron chi connectivity index (χ2n) is 4.27. The normalized spacial score (nSPS) is 31.1. The van der Waals surface area contributed by atoms with Gasteiger partial charge in [0.2, 0.25) is 0 Å². The Bertz CT molecular complexity index is 606. The van der Waals surface area contributed by atoms with E-state index in [9.17, 15) is 5.11 Å². The predicted octanol–water partition coefficient (Wildman–Crippen LogP) is -0.537. The maximum atomic E-state index is 9.97. The van der Waals surface area contributed by atoms with E-state index in [-0.39, 0.29) is 10.5 Å². The van der Waals surface area contributed by atoms with Gasteiger partial charge in [0, 0.05) is 0 Å². The lowest BCUT2D eigenvalue weighted by Gasteiger charge is -2.16. The summed E-state index contributed by atoms with van der Waals surface area (Å²) in [6.07, 6.45) is 1.11. The number of ether oxygens (including phenoxy) is 1. The Balaban J connectivity index is 2.04. The molecule has 1 aliphatic rings. The van der Waals surface area contributed by atoms with Crippen LogP contribution in [0.3, 0.4) is 0 Å². The Hall–Kier alpha value is -1.04. The molecule has 0 radical (unpaired) electrons.